The highest BCUT2D eigenvalue weighted by Crippen LogP contribution is 2.24. The van der Waals surface area contributed by atoms with Gasteiger partial charge in [0.25, 0.3) is 0 Å². The van der Waals surface area contributed by atoms with E-state index in [0.29, 0.717) is 6.42 Å². The van der Waals surface area contributed by atoms with E-state index in [-0.39, 0.29) is 6.04 Å². The largest absolute Gasteiger partial charge is 0.496 e. The van der Waals surface area contributed by atoms with Gasteiger partial charge in [0, 0.05) is 10.5 Å². The van der Waals surface area contributed by atoms with E-state index in [4.69, 9.17) is 10.5 Å². The summed E-state index contributed by atoms with van der Waals surface area (Å²) in [5.41, 5.74) is 6.99. The van der Waals surface area contributed by atoms with Crippen LogP contribution in [0.4, 0.5) is 0 Å². The topological polar surface area (TPSA) is 55.5 Å². The lowest BCUT2D eigenvalue weighted by molar-refractivity contribution is 0.130. The molecule has 0 saturated carbocycles. The van der Waals surface area contributed by atoms with Gasteiger partial charge in [0.2, 0.25) is 0 Å². The van der Waals surface area contributed by atoms with E-state index in [1.54, 1.807) is 7.11 Å². The number of halogens is 1. The van der Waals surface area contributed by atoms with Crippen molar-refractivity contribution in [2.45, 2.75) is 44.8 Å². The molecule has 1 aromatic rings. The Bertz CT molecular complexity index is 371. The summed E-state index contributed by atoms with van der Waals surface area (Å²) < 4.78 is 6.33. The van der Waals surface area contributed by atoms with Crippen molar-refractivity contribution in [3.05, 3.63) is 28.2 Å². The van der Waals surface area contributed by atoms with Crippen LogP contribution in [-0.4, -0.2) is 24.4 Å². The summed E-state index contributed by atoms with van der Waals surface area (Å²) in [4.78, 5) is 0. The van der Waals surface area contributed by atoms with E-state index in [0.717, 1.165) is 35.0 Å². The highest BCUT2D eigenvalue weighted by atomic mass is 79.9. The van der Waals surface area contributed by atoms with Crippen molar-refractivity contribution in [2.75, 3.05) is 7.11 Å². The standard InChI is InChI=1S/C14H22BrNO2/c1-3-4-12(16)13(17)7-5-10-9-11(15)6-8-14(10)18-2/h6,8-9,12-13,17H,3-5,7,16H2,1-2H3. The number of methoxy groups -OCH3 is 1. The van der Waals surface area contributed by atoms with Gasteiger partial charge in [-0.05, 0) is 43.0 Å². The molecule has 0 aliphatic heterocycles. The van der Waals surface area contributed by atoms with Crippen LogP contribution in [0.1, 0.15) is 31.7 Å². The molecule has 3 nitrogen and oxygen atoms in total. The van der Waals surface area contributed by atoms with Crippen LogP contribution in [0.2, 0.25) is 0 Å². The molecule has 0 saturated heterocycles. The summed E-state index contributed by atoms with van der Waals surface area (Å²) in [5.74, 6) is 0.856. The highest BCUT2D eigenvalue weighted by Gasteiger charge is 2.14. The van der Waals surface area contributed by atoms with Crippen LogP contribution in [0, 0.1) is 0 Å². The number of nitrogens with two attached hydrogens (primary N) is 1. The van der Waals surface area contributed by atoms with Crippen molar-refractivity contribution in [1.29, 1.82) is 0 Å². The monoisotopic (exact) mass is 315 g/mol. The third kappa shape index (κ3) is 4.59. The minimum absolute atomic E-state index is 0.131. The van der Waals surface area contributed by atoms with Gasteiger partial charge in [0.1, 0.15) is 5.75 Å². The first-order valence-electron chi connectivity index (χ1n) is 6.34. The van der Waals surface area contributed by atoms with E-state index in [2.05, 4.69) is 22.9 Å². The fourth-order valence-electron chi connectivity index (χ4n) is 1.99. The Kier molecular flexibility index (Phi) is 6.68. The Morgan fingerprint density at radius 3 is 2.72 bits per heavy atom. The van der Waals surface area contributed by atoms with Crippen LogP contribution >= 0.6 is 15.9 Å². The number of rotatable bonds is 7. The molecule has 3 N–H and O–H groups in total. The fraction of sp³-hybridized carbons (Fsp3) is 0.571. The smallest absolute Gasteiger partial charge is 0.122 e. The summed E-state index contributed by atoms with van der Waals surface area (Å²) in [6, 6.07) is 5.77. The number of benzene rings is 1. The van der Waals surface area contributed by atoms with E-state index in [1.165, 1.54) is 0 Å². The van der Waals surface area contributed by atoms with Crippen molar-refractivity contribution in [3.8, 4) is 5.75 Å². The molecule has 2 unspecified atom stereocenters. The molecule has 0 fully saturated rings. The van der Waals surface area contributed by atoms with Crippen LogP contribution in [0.5, 0.6) is 5.75 Å². The van der Waals surface area contributed by atoms with Crippen LogP contribution in [-0.2, 0) is 6.42 Å². The number of aryl methyl sites for hydroxylation is 1. The molecule has 0 amide bonds. The molecule has 0 spiro atoms. The molecule has 4 heteroatoms. The first kappa shape index (κ1) is 15.5. The molecule has 0 aliphatic carbocycles. The third-order valence-electron chi connectivity index (χ3n) is 3.07. The molecule has 0 heterocycles. The Labute approximate surface area is 117 Å². The van der Waals surface area contributed by atoms with Gasteiger partial charge in [-0.15, -0.1) is 0 Å². The van der Waals surface area contributed by atoms with Crippen molar-refractivity contribution in [2.24, 2.45) is 5.73 Å². The van der Waals surface area contributed by atoms with Gasteiger partial charge in [0.15, 0.2) is 0 Å². The molecule has 0 aliphatic rings. The first-order chi connectivity index (χ1) is 8.58. The molecule has 102 valence electrons. The van der Waals surface area contributed by atoms with Crippen LogP contribution in [0.25, 0.3) is 0 Å². The molecule has 2 atom stereocenters. The van der Waals surface area contributed by atoms with Gasteiger partial charge in [0.05, 0.1) is 13.2 Å². The van der Waals surface area contributed by atoms with Gasteiger partial charge >= 0.3 is 0 Å². The van der Waals surface area contributed by atoms with Crippen LogP contribution < -0.4 is 10.5 Å². The van der Waals surface area contributed by atoms with Crippen molar-refractivity contribution in [1.82, 2.24) is 0 Å². The third-order valence-corrected chi connectivity index (χ3v) is 3.56. The summed E-state index contributed by atoms with van der Waals surface area (Å²) in [6.45, 7) is 2.07. The molecule has 1 aromatic carbocycles. The maximum absolute atomic E-state index is 9.97. The predicted molar refractivity (Wildman–Crippen MR) is 77.9 cm³/mol. The minimum atomic E-state index is -0.450. The number of ether oxygens (including phenoxy) is 1. The SMILES string of the molecule is CCCC(N)C(O)CCc1cc(Br)ccc1OC. The first-order valence-corrected chi connectivity index (χ1v) is 7.13. The maximum Gasteiger partial charge on any atom is 0.122 e. The summed E-state index contributed by atoms with van der Waals surface area (Å²) in [7, 11) is 1.66. The van der Waals surface area contributed by atoms with Crippen LogP contribution in [0.3, 0.4) is 0 Å². The second kappa shape index (κ2) is 7.77. The van der Waals surface area contributed by atoms with Crippen molar-refractivity contribution in [3.63, 3.8) is 0 Å². The number of hydrogen-bond donors (Lipinski definition) is 2. The maximum atomic E-state index is 9.97. The molecule has 0 aromatic heterocycles. The molecule has 0 bridgehead atoms. The van der Waals surface area contributed by atoms with Crippen LogP contribution in [0.15, 0.2) is 22.7 Å². The normalized spacial score (nSPS) is 14.3. The fourth-order valence-corrected chi connectivity index (χ4v) is 2.39. The lowest BCUT2D eigenvalue weighted by Gasteiger charge is -2.18. The minimum Gasteiger partial charge on any atom is -0.496 e. The van der Waals surface area contributed by atoms with E-state index in [9.17, 15) is 5.11 Å². The molecular formula is C14H22BrNO2. The molecular weight excluding hydrogens is 294 g/mol. The van der Waals surface area contributed by atoms with Crippen molar-refractivity contribution >= 4 is 15.9 Å². The predicted octanol–water partition coefficient (Wildman–Crippen LogP) is 2.88. The Balaban J connectivity index is 2.59. The molecule has 18 heavy (non-hydrogen) atoms. The van der Waals surface area contributed by atoms with E-state index >= 15 is 0 Å². The van der Waals surface area contributed by atoms with Gasteiger partial charge < -0.3 is 15.6 Å². The van der Waals surface area contributed by atoms with Gasteiger partial charge in [-0.3, -0.25) is 0 Å². The van der Waals surface area contributed by atoms with Gasteiger partial charge in [-0.2, -0.15) is 0 Å². The molecule has 1 rings (SSSR count). The summed E-state index contributed by atoms with van der Waals surface area (Å²) >= 11 is 3.44. The Morgan fingerprint density at radius 2 is 2.11 bits per heavy atom. The number of aliphatic hydroxyl groups is 1. The summed E-state index contributed by atoms with van der Waals surface area (Å²) in [6.07, 6.45) is 2.83. The lowest BCUT2D eigenvalue weighted by atomic mass is 9.99. The zero-order chi connectivity index (χ0) is 13.5. The molecule has 0 radical (unpaired) electrons. The summed E-state index contributed by atoms with van der Waals surface area (Å²) in [5, 5.41) is 9.97. The zero-order valence-corrected chi connectivity index (χ0v) is 12.6. The average Bonchev–Trinajstić information content (AvgIpc) is 2.36. The Morgan fingerprint density at radius 1 is 1.39 bits per heavy atom. The second-order valence-electron chi connectivity index (χ2n) is 4.51. The quantitative estimate of drug-likeness (QED) is 0.813. The zero-order valence-electron chi connectivity index (χ0n) is 11.0. The second-order valence-corrected chi connectivity index (χ2v) is 5.43. The van der Waals surface area contributed by atoms with E-state index < -0.39 is 6.10 Å². The van der Waals surface area contributed by atoms with E-state index in [1.807, 2.05) is 18.2 Å². The average molecular weight is 316 g/mol. The van der Waals surface area contributed by atoms with Gasteiger partial charge in [-0.1, -0.05) is 29.3 Å². The lowest BCUT2D eigenvalue weighted by Crippen LogP contribution is -2.34. The number of hydrogen-bond acceptors (Lipinski definition) is 3. The van der Waals surface area contributed by atoms with Crippen molar-refractivity contribution < 1.29 is 9.84 Å². The number of aliphatic hydroxyl groups excluding tert-OH is 1. The Hall–Kier alpha value is -0.580. The highest BCUT2D eigenvalue weighted by molar-refractivity contribution is 9.10. The van der Waals surface area contributed by atoms with Gasteiger partial charge in [-0.25, -0.2) is 0 Å².